The molecule has 1 N–H and O–H groups in total. The molecule has 4 nitrogen and oxygen atoms in total. The van der Waals surface area contributed by atoms with Crippen molar-refractivity contribution in [2.75, 3.05) is 6.61 Å². The van der Waals surface area contributed by atoms with Crippen LogP contribution in [0.4, 0.5) is 0 Å². The topological polar surface area (TPSA) is 47.3 Å². The normalized spacial score (nSPS) is 12.3. The molecule has 0 aliphatic heterocycles. The fourth-order valence-electron chi connectivity index (χ4n) is 1.79. The van der Waals surface area contributed by atoms with E-state index in [1.165, 1.54) is 0 Å². The molecule has 0 bridgehead atoms. The lowest BCUT2D eigenvalue weighted by Gasteiger charge is -2.15. The first-order valence-electron chi connectivity index (χ1n) is 6.16. The van der Waals surface area contributed by atoms with Gasteiger partial charge in [0.2, 0.25) is 0 Å². The Morgan fingerprint density at radius 2 is 2.22 bits per heavy atom. The summed E-state index contributed by atoms with van der Waals surface area (Å²) in [7, 11) is 0. The molecule has 0 spiro atoms. The van der Waals surface area contributed by atoms with Gasteiger partial charge < -0.3 is 14.4 Å². The quantitative estimate of drug-likeness (QED) is 0.851. The number of aliphatic hydroxyl groups is 1. The molecule has 1 aromatic carbocycles. The minimum atomic E-state index is -0.463. The number of aliphatic hydroxyl groups excluding tert-OH is 1. The molecule has 4 heteroatoms. The summed E-state index contributed by atoms with van der Waals surface area (Å²) in [4.78, 5) is 3.97. The molecule has 0 aliphatic rings. The Hall–Kier alpha value is -1.81. The molecule has 1 atom stereocenters. The van der Waals surface area contributed by atoms with E-state index < -0.39 is 6.10 Å². The molecule has 0 radical (unpaired) electrons. The predicted octanol–water partition coefficient (Wildman–Crippen LogP) is 2.41. The SMILES string of the molecule is CC[C@@H](O)c1ccccc1OCCn1ccnc1. The second-order valence-electron chi connectivity index (χ2n) is 4.11. The molecule has 2 rings (SSSR count). The van der Waals surface area contributed by atoms with E-state index in [1.54, 1.807) is 12.5 Å². The van der Waals surface area contributed by atoms with Crippen molar-refractivity contribution in [1.82, 2.24) is 9.55 Å². The molecule has 0 saturated carbocycles. The fourth-order valence-corrected chi connectivity index (χ4v) is 1.79. The van der Waals surface area contributed by atoms with Crippen molar-refractivity contribution < 1.29 is 9.84 Å². The van der Waals surface area contributed by atoms with Gasteiger partial charge >= 0.3 is 0 Å². The Morgan fingerprint density at radius 1 is 1.39 bits per heavy atom. The zero-order valence-electron chi connectivity index (χ0n) is 10.5. The Labute approximate surface area is 107 Å². The van der Waals surface area contributed by atoms with Crippen LogP contribution in [-0.2, 0) is 6.54 Å². The van der Waals surface area contributed by atoms with Crippen LogP contribution in [0, 0.1) is 0 Å². The lowest BCUT2D eigenvalue weighted by molar-refractivity contribution is 0.166. The third-order valence-electron chi connectivity index (χ3n) is 2.83. The van der Waals surface area contributed by atoms with Crippen LogP contribution >= 0.6 is 0 Å². The van der Waals surface area contributed by atoms with E-state index in [9.17, 15) is 5.11 Å². The Bertz CT molecular complexity index is 468. The van der Waals surface area contributed by atoms with E-state index in [-0.39, 0.29) is 0 Å². The summed E-state index contributed by atoms with van der Waals surface area (Å²) in [6.07, 6.45) is 5.62. The smallest absolute Gasteiger partial charge is 0.125 e. The van der Waals surface area contributed by atoms with Crippen molar-refractivity contribution in [3.05, 3.63) is 48.5 Å². The van der Waals surface area contributed by atoms with Gasteiger partial charge in [-0.1, -0.05) is 25.1 Å². The summed E-state index contributed by atoms with van der Waals surface area (Å²) in [5.74, 6) is 0.756. The van der Waals surface area contributed by atoms with E-state index in [0.29, 0.717) is 13.0 Å². The van der Waals surface area contributed by atoms with E-state index in [0.717, 1.165) is 17.9 Å². The number of para-hydroxylation sites is 1. The molecule has 1 heterocycles. The summed E-state index contributed by atoms with van der Waals surface area (Å²) < 4.78 is 7.68. The number of hydrogen-bond acceptors (Lipinski definition) is 3. The highest BCUT2D eigenvalue weighted by Gasteiger charge is 2.10. The third kappa shape index (κ3) is 3.11. The van der Waals surface area contributed by atoms with Crippen LogP contribution in [0.5, 0.6) is 5.75 Å². The van der Waals surface area contributed by atoms with E-state index in [1.807, 2.05) is 42.0 Å². The van der Waals surface area contributed by atoms with Gasteiger partial charge in [0.25, 0.3) is 0 Å². The maximum Gasteiger partial charge on any atom is 0.125 e. The van der Waals surface area contributed by atoms with Crippen LogP contribution in [0.15, 0.2) is 43.0 Å². The van der Waals surface area contributed by atoms with E-state index in [2.05, 4.69) is 4.98 Å². The summed E-state index contributed by atoms with van der Waals surface area (Å²) in [5.41, 5.74) is 0.852. The van der Waals surface area contributed by atoms with Gasteiger partial charge in [0, 0.05) is 18.0 Å². The molecule has 0 aliphatic carbocycles. The van der Waals surface area contributed by atoms with Gasteiger partial charge in [0.1, 0.15) is 12.4 Å². The van der Waals surface area contributed by atoms with Gasteiger partial charge in [-0.05, 0) is 12.5 Å². The van der Waals surface area contributed by atoms with Crippen molar-refractivity contribution in [3.63, 3.8) is 0 Å². The summed E-state index contributed by atoms with van der Waals surface area (Å²) >= 11 is 0. The van der Waals surface area contributed by atoms with Gasteiger partial charge in [-0.25, -0.2) is 4.98 Å². The first-order valence-corrected chi connectivity index (χ1v) is 6.16. The monoisotopic (exact) mass is 246 g/mol. The summed E-state index contributed by atoms with van der Waals surface area (Å²) in [6, 6.07) is 7.62. The van der Waals surface area contributed by atoms with Crippen LogP contribution in [0.2, 0.25) is 0 Å². The molecule has 96 valence electrons. The number of benzene rings is 1. The molecule has 0 saturated heterocycles. The minimum absolute atomic E-state index is 0.463. The van der Waals surface area contributed by atoms with Crippen LogP contribution in [0.25, 0.3) is 0 Å². The second-order valence-corrected chi connectivity index (χ2v) is 4.11. The number of rotatable bonds is 6. The molecule has 0 fully saturated rings. The molecule has 18 heavy (non-hydrogen) atoms. The average molecular weight is 246 g/mol. The number of hydrogen-bond donors (Lipinski definition) is 1. The van der Waals surface area contributed by atoms with E-state index >= 15 is 0 Å². The van der Waals surface area contributed by atoms with Crippen LogP contribution in [0.1, 0.15) is 25.0 Å². The Morgan fingerprint density at radius 3 is 2.94 bits per heavy atom. The van der Waals surface area contributed by atoms with Gasteiger partial charge in [0.15, 0.2) is 0 Å². The van der Waals surface area contributed by atoms with Crippen molar-refractivity contribution in [2.24, 2.45) is 0 Å². The molecule has 1 aromatic heterocycles. The van der Waals surface area contributed by atoms with Gasteiger partial charge in [-0.2, -0.15) is 0 Å². The number of ether oxygens (including phenoxy) is 1. The maximum atomic E-state index is 9.90. The molecular formula is C14H18N2O2. The van der Waals surface area contributed by atoms with Crippen molar-refractivity contribution in [2.45, 2.75) is 26.0 Å². The maximum absolute atomic E-state index is 9.90. The first-order chi connectivity index (χ1) is 8.81. The van der Waals surface area contributed by atoms with Crippen LogP contribution < -0.4 is 4.74 Å². The summed E-state index contributed by atoms with van der Waals surface area (Å²) in [5, 5.41) is 9.90. The zero-order valence-corrected chi connectivity index (χ0v) is 10.5. The fraction of sp³-hybridized carbons (Fsp3) is 0.357. The first kappa shape index (κ1) is 12.6. The average Bonchev–Trinajstić information content (AvgIpc) is 2.92. The Balaban J connectivity index is 1.96. The highest BCUT2D eigenvalue weighted by atomic mass is 16.5. The highest BCUT2D eigenvalue weighted by Crippen LogP contribution is 2.26. The van der Waals surface area contributed by atoms with Crippen LogP contribution in [-0.4, -0.2) is 21.3 Å². The van der Waals surface area contributed by atoms with Crippen molar-refractivity contribution in [3.8, 4) is 5.75 Å². The lowest BCUT2D eigenvalue weighted by Crippen LogP contribution is -2.08. The van der Waals surface area contributed by atoms with Crippen molar-refractivity contribution in [1.29, 1.82) is 0 Å². The predicted molar refractivity (Wildman–Crippen MR) is 69.4 cm³/mol. The highest BCUT2D eigenvalue weighted by molar-refractivity contribution is 5.34. The van der Waals surface area contributed by atoms with Gasteiger partial charge in [-0.15, -0.1) is 0 Å². The molecule has 0 unspecified atom stereocenters. The third-order valence-corrected chi connectivity index (χ3v) is 2.83. The standard InChI is InChI=1S/C14H18N2O2/c1-2-13(17)12-5-3-4-6-14(12)18-10-9-16-8-7-15-11-16/h3-8,11,13,17H,2,9-10H2,1H3/t13-/m1/s1. The molecule has 2 aromatic rings. The number of aromatic nitrogens is 2. The Kier molecular flexibility index (Phi) is 4.36. The second kappa shape index (κ2) is 6.21. The summed E-state index contributed by atoms with van der Waals surface area (Å²) in [6.45, 7) is 3.26. The number of imidazole rings is 1. The molecular weight excluding hydrogens is 228 g/mol. The molecule has 0 amide bonds. The van der Waals surface area contributed by atoms with Crippen molar-refractivity contribution >= 4 is 0 Å². The van der Waals surface area contributed by atoms with Crippen LogP contribution in [0.3, 0.4) is 0 Å². The van der Waals surface area contributed by atoms with E-state index in [4.69, 9.17) is 4.74 Å². The largest absolute Gasteiger partial charge is 0.491 e. The number of nitrogens with zero attached hydrogens (tertiary/aromatic N) is 2. The zero-order chi connectivity index (χ0) is 12.8. The lowest BCUT2D eigenvalue weighted by atomic mass is 10.1. The van der Waals surface area contributed by atoms with Gasteiger partial charge in [-0.3, -0.25) is 0 Å². The minimum Gasteiger partial charge on any atom is -0.491 e. The van der Waals surface area contributed by atoms with Gasteiger partial charge in [0.05, 0.1) is 19.0 Å².